The molecule has 0 unspecified atom stereocenters. The normalized spacial score (nSPS) is 22.6. The maximum atomic E-state index is 10.7. The number of benzene rings is 2. The molecule has 0 aliphatic carbocycles. The van der Waals surface area contributed by atoms with E-state index in [1.54, 1.807) is 6.07 Å². The largest absolute Gasteiger partial charge is 0.481 e. The molecule has 2 aliphatic rings. The summed E-state index contributed by atoms with van der Waals surface area (Å²) in [4.78, 5) is 23.0. The minimum absolute atomic E-state index is 0.175. The number of aryl methyl sites for hydroxylation is 1. The number of nitrogens with one attached hydrogen (secondary N) is 1. The molecule has 38 heavy (non-hydrogen) atoms. The van der Waals surface area contributed by atoms with Crippen molar-refractivity contribution >= 4 is 28.7 Å². The summed E-state index contributed by atoms with van der Waals surface area (Å²) in [6, 6.07) is 18.2. The number of aromatic nitrogens is 3. The molecule has 9 nitrogen and oxygen atoms in total. The van der Waals surface area contributed by atoms with Crippen LogP contribution in [0.25, 0.3) is 33.5 Å². The molecular formula is C28H26ClN3O6. The van der Waals surface area contributed by atoms with Crippen molar-refractivity contribution in [1.82, 2.24) is 15.0 Å². The van der Waals surface area contributed by atoms with Crippen molar-refractivity contribution in [1.29, 1.82) is 0 Å². The summed E-state index contributed by atoms with van der Waals surface area (Å²) >= 11 is 6.59. The van der Waals surface area contributed by atoms with Gasteiger partial charge in [0.05, 0.1) is 29.4 Å². The molecule has 2 fully saturated rings. The molecule has 4 heterocycles. The van der Waals surface area contributed by atoms with Crippen molar-refractivity contribution in [3.8, 4) is 28.4 Å². The van der Waals surface area contributed by atoms with E-state index in [-0.39, 0.29) is 31.3 Å². The lowest BCUT2D eigenvalue weighted by molar-refractivity contribution is -0.137. The van der Waals surface area contributed by atoms with Crippen LogP contribution >= 0.6 is 11.6 Å². The standard InChI is InChI=1S/C28H26ClN3O6/c29-19-12-20-27(32-28(30-20)38-22-14-37-25-21(33)13-36-26(22)25)31-24(19)18-10-8-17(9-11-18)16-6-4-15(5-7-16)2-1-3-23(34)35/h4-12,21-22,25-26,33H,1-3,13-14H2,(H,34,35)(H,30,31,32)/t21-,22-,25-,26-/m1/s1. The number of hydrogen-bond acceptors (Lipinski definition) is 7. The van der Waals surface area contributed by atoms with E-state index in [2.05, 4.69) is 15.0 Å². The summed E-state index contributed by atoms with van der Waals surface area (Å²) in [6.07, 6.45) is -0.198. The number of halogens is 1. The van der Waals surface area contributed by atoms with Gasteiger partial charge in [-0.3, -0.25) is 4.79 Å². The first-order valence-corrected chi connectivity index (χ1v) is 12.9. The molecule has 4 aromatic rings. The summed E-state index contributed by atoms with van der Waals surface area (Å²) in [5.41, 5.74) is 5.84. The van der Waals surface area contributed by atoms with Crippen LogP contribution < -0.4 is 4.74 Å². The van der Waals surface area contributed by atoms with E-state index < -0.39 is 12.1 Å². The fourth-order valence-electron chi connectivity index (χ4n) is 4.97. The third-order valence-electron chi connectivity index (χ3n) is 6.95. The van der Waals surface area contributed by atoms with Gasteiger partial charge in [0.15, 0.2) is 11.8 Å². The molecule has 4 atom stereocenters. The number of fused-ring (bicyclic) bond motifs is 2. The van der Waals surface area contributed by atoms with Crippen molar-refractivity contribution < 1.29 is 29.2 Å². The average molecular weight is 536 g/mol. The lowest BCUT2D eigenvalue weighted by Gasteiger charge is -2.15. The van der Waals surface area contributed by atoms with Crippen molar-refractivity contribution in [2.75, 3.05) is 13.2 Å². The highest BCUT2D eigenvalue weighted by Gasteiger charge is 2.48. The van der Waals surface area contributed by atoms with E-state index in [0.717, 1.165) is 28.7 Å². The van der Waals surface area contributed by atoms with Crippen molar-refractivity contribution in [2.24, 2.45) is 0 Å². The third kappa shape index (κ3) is 4.98. The summed E-state index contributed by atoms with van der Waals surface area (Å²) < 4.78 is 17.2. The zero-order valence-electron chi connectivity index (χ0n) is 20.3. The number of rotatable bonds is 8. The molecule has 0 spiro atoms. The third-order valence-corrected chi connectivity index (χ3v) is 7.24. The Morgan fingerprint density at radius 1 is 1.00 bits per heavy atom. The highest BCUT2D eigenvalue weighted by molar-refractivity contribution is 6.33. The van der Waals surface area contributed by atoms with Crippen LogP contribution in [0.3, 0.4) is 0 Å². The van der Waals surface area contributed by atoms with Gasteiger partial charge in [-0.15, -0.1) is 0 Å². The number of carboxylic acids is 1. The van der Waals surface area contributed by atoms with E-state index >= 15 is 0 Å². The van der Waals surface area contributed by atoms with Crippen LogP contribution in [-0.2, 0) is 20.7 Å². The Balaban J connectivity index is 1.16. The summed E-state index contributed by atoms with van der Waals surface area (Å²) in [5.74, 6) is -0.769. The number of imidazole rings is 1. The topological polar surface area (TPSA) is 127 Å². The monoisotopic (exact) mass is 535 g/mol. The Morgan fingerprint density at radius 2 is 1.68 bits per heavy atom. The number of carbonyl (C=O) groups is 1. The van der Waals surface area contributed by atoms with E-state index in [1.807, 2.05) is 48.5 Å². The SMILES string of the molecule is O=C(O)CCCc1ccc(-c2ccc(-c3nc4nc(O[C@@H]5CO[C@H]6[C@@H]5OC[C@H]6O)[nH]c4cc3Cl)cc2)cc1. The molecule has 0 amide bonds. The number of nitrogens with zero attached hydrogens (tertiary/aromatic N) is 2. The highest BCUT2D eigenvalue weighted by Crippen LogP contribution is 2.33. The zero-order chi connectivity index (χ0) is 26.2. The van der Waals surface area contributed by atoms with Crippen molar-refractivity contribution in [3.63, 3.8) is 0 Å². The summed E-state index contributed by atoms with van der Waals surface area (Å²) in [5, 5.41) is 19.2. The minimum atomic E-state index is -0.769. The molecule has 2 saturated heterocycles. The zero-order valence-corrected chi connectivity index (χ0v) is 21.1. The molecule has 3 N–H and O–H groups in total. The van der Waals surface area contributed by atoms with Crippen LogP contribution in [0.5, 0.6) is 6.01 Å². The highest BCUT2D eigenvalue weighted by atomic mass is 35.5. The van der Waals surface area contributed by atoms with Gasteiger partial charge >= 0.3 is 5.97 Å². The fraction of sp³-hybridized carbons (Fsp3) is 0.321. The molecule has 2 aromatic carbocycles. The van der Waals surface area contributed by atoms with Gasteiger partial charge in [-0.1, -0.05) is 60.1 Å². The van der Waals surface area contributed by atoms with Gasteiger partial charge < -0.3 is 29.4 Å². The van der Waals surface area contributed by atoms with Gasteiger partial charge in [-0.2, -0.15) is 4.98 Å². The first-order chi connectivity index (χ1) is 18.4. The number of pyridine rings is 1. The van der Waals surface area contributed by atoms with E-state index in [1.165, 1.54) is 0 Å². The predicted molar refractivity (Wildman–Crippen MR) is 140 cm³/mol. The molecule has 0 radical (unpaired) electrons. The minimum Gasteiger partial charge on any atom is -0.481 e. The fourth-order valence-corrected chi connectivity index (χ4v) is 5.23. The number of aromatic amines is 1. The maximum Gasteiger partial charge on any atom is 0.303 e. The Kier molecular flexibility index (Phi) is 6.75. The Labute approximate surface area is 223 Å². The number of carboxylic acid groups (broad SMARTS) is 1. The Morgan fingerprint density at radius 3 is 2.42 bits per heavy atom. The van der Waals surface area contributed by atoms with E-state index in [0.29, 0.717) is 40.9 Å². The van der Waals surface area contributed by atoms with Crippen LogP contribution in [0, 0.1) is 0 Å². The van der Waals surface area contributed by atoms with Gasteiger partial charge in [-0.05, 0) is 35.6 Å². The smallest absolute Gasteiger partial charge is 0.303 e. The second kappa shape index (κ2) is 10.3. The number of aliphatic hydroxyl groups is 1. The quantitative estimate of drug-likeness (QED) is 0.305. The number of hydrogen-bond donors (Lipinski definition) is 3. The number of ether oxygens (including phenoxy) is 3. The predicted octanol–water partition coefficient (Wildman–Crippen LogP) is 4.26. The molecule has 0 bridgehead atoms. The average Bonchev–Trinajstić information content (AvgIpc) is 3.60. The van der Waals surface area contributed by atoms with Crippen molar-refractivity contribution in [2.45, 2.75) is 43.7 Å². The van der Waals surface area contributed by atoms with Crippen LogP contribution in [0.4, 0.5) is 0 Å². The number of aliphatic carboxylic acids is 1. The molecule has 10 heteroatoms. The molecule has 2 aromatic heterocycles. The van der Waals surface area contributed by atoms with Gasteiger partial charge in [0.2, 0.25) is 0 Å². The molecular weight excluding hydrogens is 510 g/mol. The van der Waals surface area contributed by atoms with E-state index in [4.69, 9.17) is 30.9 Å². The first kappa shape index (κ1) is 24.8. The van der Waals surface area contributed by atoms with Gasteiger partial charge in [0.1, 0.15) is 18.3 Å². The summed E-state index contributed by atoms with van der Waals surface area (Å²) in [6.45, 7) is 0.539. The first-order valence-electron chi connectivity index (χ1n) is 12.5. The van der Waals surface area contributed by atoms with Crippen LogP contribution in [0.15, 0.2) is 54.6 Å². The van der Waals surface area contributed by atoms with Gasteiger partial charge in [-0.25, -0.2) is 4.98 Å². The second-order valence-corrected chi connectivity index (χ2v) is 9.98. The van der Waals surface area contributed by atoms with Gasteiger partial charge in [0.25, 0.3) is 6.01 Å². The lowest BCUT2D eigenvalue weighted by atomic mass is 10.00. The maximum absolute atomic E-state index is 10.7. The number of aliphatic hydroxyl groups excluding tert-OH is 1. The van der Waals surface area contributed by atoms with Crippen LogP contribution in [0.2, 0.25) is 5.02 Å². The Hall–Kier alpha value is -3.50. The van der Waals surface area contributed by atoms with Gasteiger partial charge in [0, 0.05) is 12.0 Å². The summed E-state index contributed by atoms with van der Waals surface area (Å²) in [7, 11) is 0. The second-order valence-electron chi connectivity index (χ2n) is 9.57. The number of H-pyrrole nitrogens is 1. The molecule has 0 saturated carbocycles. The molecule has 2 aliphatic heterocycles. The Bertz CT molecular complexity index is 1460. The van der Waals surface area contributed by atoms with Crippen molar-refractivity contribution in [3.05, 3.63) is 65.2 Å². The lowest BCUT2D eigenvalue weighted by Crippen LogP contribution is -2.34. The van der Waals surface area contributed by atoms with E-state index in [9.17, 15) is 9.90 Å². The van der Waals surface area contributed by atoms with Crippen LogP contribution in [0.1, 0.15) is 18.4 Å². The molecule has 196 valence electrons. The van der Waals surface area contributed by atoms with Crippen LogP contribution in [-0.4, -0.2) is 68.8 Å². The molecule has 6 rings (SSSR count).